The molecule has 0 aromatic heterocycles. The van der Waals surface area contributed by atoms with Crippen LogP contribution in [0, 0.1) is 6.92 Å². The van der Waals surface area contributed by atoms with Crippen molar-refractivity contribution in [1.29, 1.82) is 0 Å². The lowest BCUT2D eigenvalue weighted by atomic mass is 9.85. The fourth-order valence-electron chi connectivity index (χ4n) is 4.21. The van der Waals surface area contributed by atoms with Crippen LogP contribution in [0.5, 0.6) is 0 Å². The second-order valence-corrected chi connectivity index (χ2v) is 10.4. The summed E-state index contributed by atoms with van der Waals surface area (Å²) in [7, 11) is 0. The number of anilines is 1. The van der Waals surface area contributed by atoms with Gasteiger partial charge in [0.05, 0.1) is 11.6 Å². The van der Waals surface area contributed by atoms with Gasteiger partial charge in [-0.2, -0.15) is 0 Å². The molecule has 6 heteroatoms. The maximum absolute atomic E-state index is 13.3. The molecule has 0 radical (unpaired) electrons. The number of rotatable bonds is 3. The molecule has 1 heterocycles. The third-order valence-electron chi connectivity index (χ3n) is 6.07. The fraction of sp³-hybridized carbons (Fsp3) is 0.214. The van der Waals surface area contributed by atoms with Crippen molar-refractivity contribution in [2.45, 2.75) is 39.2 Å². The van der Waals surface area contributed by atoms with Gasteiger partial charge >= 0.3 is 0 Å². The predicted molar refractivity (Wildman–Crippen MR) is 138 cm³/mol. The summed E-state index contributed by atoms with van der Waals surface area (Å²) in [5, 5.41) is 12.2. The van der Waals surface area contributed by atoms with E-state index in [9.17, 15) is 14.7 Å². The fourth-order valence-corrected chi connectivity index (χ4v) is 4.57. The Kier molecular flexibility index (Phi) is 6.32. The second kappa shape index (κ2) is 8.94. The van der Waals surface area contributed by atoms with Gasteiger partial charge in [0, 0.05) is 21.3 Å². The van der Waals surface area contributed by atoms with Crippen molar-refractivity contribution in [2.24, 2.45) is 0 Å². The molecule has 174 valence electrons. The molecule has 1 aliphatic heterocycles. The normalized spacial score (nSPS) is 17.9. The summed E-state index contributed by atoms with van der Waals surface area (Å²) in [6.07, 6.45) is 0. The van der Waals surface area contributed by atoms with Gasteiger partial charge in [0.25, 0.3) is 11.7 Å². The minimum absolute atomic E-state index is 0.0326. The molecule has 3 aromatic rings. The number of hydrogen-bond acceptors (Lipinski definition) is 3. The first-order chi connectivity index (χ1) is 16.0. The molecule has 4 nitrogen and oxygen atoms in total. The number of ketones is 1. The average molecular weight is 494 g/mol. The van der Waals surface area contributed by atoms with Crippen LogP contribution < -0.4 is 4.90 Å². The van der Waals surface area contributed by atoms with E-state index in [2.05, 4.69) is 20.8 Å². The molecule has 0 spiro atoms. The van der Waals surface area contributed by atoms with Gasteiger partial charge in [0.2, 0.25) is 0 Å². The van der Waals surface area contributed by atoms with Gasteiger partial charge < -0.3 is 5.11 Å². The van der Waals surface area contributed by atoms with Crippen molar-refractivity contribution < 1.29 is 14.7 Å². The lowest BCUT2D eigenvalue weighted by molar-refractivity contribution is -0.132. The SMILES string of the molecule is Cc1cc(Cl)ccc1N1C(=O)C(=O)/C(=C(/O)c2ccc(Cl)cc2)C1c1ccc(C(C)(C)C)cc1. The van der Waals surface area contributed by atoms with Crippen molar-refractivity contribution >= 4 is 46.3 Å². The van der Waals surface area contributed by atoms with Crippen molar-refractivity contribution in [3.05, 3.63) is 105 Å². The van der Waals surface area contributed by atoms with Crippen LogP contribution in [-0.4, -0.2) is 16.8 Å². The molecule has 34 heavy (non-hydrogen) atoms. The van der Waals surface area contributed by atoms with E-state index in [4.69, 9.17) is 23.2 Å². The highest BCUT2D eigenvalue weighted by molar-refractivity contribution is 6.51. The van der Waals surface area contributed by atoms with Crippen molar-refractivity contribution in [3.63, 3.8) is 0 Å². The van der Waals surface area contributed by atoms with E-state index < -0.39 is 17.7 Å². The van der Waals surface area contributed by atoms with Crippen LogP contribution in [0.15, 0.2) is 72.3 Å². The zero-order valence-corrected chi connectivity index (χ0v) is 20.9. The molecule has 4 rings (SSSR count). The number of halogens is 2. The van der Waals surface area contributed by atoms with E-state index in [1.54, 1.807) is 42.5 Å². The summed E-state index contributed by atoms with van der Waals surface area (Å²) in [5.41, 5.74) is 3.53. The Balaban J connectivity index is 1.95. The number of nitrogens with zero attached hydrogens (tertiary/aromatic N) is 1. The Morgan fingerprint density at radius 3 is 2.03 bits per heavy atom. The molecule has 0 bridgehead atoms. The van der Waals surface area contributed by atoms with E-state index in [0.29, 0.717) is 21.3 Å². The lowest BCUT2D eigenvalue weighted by Gasteiger charge is -2.28. The Labute approximate surface area is 209 Å². The highest BCUT2D eigenvalue weighted by atomic mass is 35.5. The highest BCUT2D eigenvalue weighted by Crippen LogP contribution is 2.43. The predicted octanol–water partition coefficient (Wildman–Crippen LogP) is 7.23. The number of hydrogen-bond donors (Lipinski definition) is 1. The Bertz CT molecular complexity index is 1300. The Morgan fingerprint density at radius 2 is 1.47 bits per heavy atom. The van der Waals surface area contributed by atoms with Gasteiger partial charge in [-0.25, -0.2) is 0 Å². The van der Waals surface area contributed by atoms with Gasteiger partial charge in [-0.05, 0) is 71.5 Å². The standard InChI is InChI=1S/C28H25Cl2NO3/c1-16-15-21(30)13-14-22(16)31-24(17-5-9-19(10-6-17)28(2,3)4)23(26(33)27(31)34)25(32)18-7-11-20(29)12-8-18/h5-15,24,32H,1-4H3/b25-23+. The van der Waals surface area contributed by atoms with Crippen LogP contribution in [0.4, 0.5) is 5.69 Å². The maximum atomic E-state index is 13.3. The first-order valence-electron chi connectivity index (χ1n) is 10.9. The number of carbonyl (C=O) groups is 2. The minimum atomic E-state index is -0.801. The summed E-state index contributed by atoms with van der Waals surface area (Å²) < 4.78 is 0. The quantitative estimate of drug-likeness (QED) is 0.238. The molecule has 1 amide bonds. The van der Waals surface area contributed by atoms with Crippen molar-refractivity contribution in [1.82, 2.24) is 0 Å². The molecule has 3 aromatic carbocycles. The number of aliphatic hydroxyl groups is 1. The summed E-state index contributed by atoms with van der Waals surface area (Å²) >= 11 is 12.1. The van der Waals surface area contributed by atoms with Gasteiger partial charge in [-0.3, -0.25) is 14.5 Å². The Hall–Kier alpha value is -3.08. The van der Waals surface area contributed by atoms with E-state index in [1.807, 2.05) is 31.2 Å². The second-order valence-electron chi connectivity index (χ2n) is 9.48. The van der Waals surface area contributed by atoms with E-state index >= 15 is 0 Å². The molecule has 1 N–H and O–H groups in total. The van der Waals surface area contributed by atoms with Crippen molar-refractivity contribution in [2.75, 3.05) is 4.90 Å². The van der Waals surface area contributed by atoms with E-state index in [0.717, 1.165) is 16.7 Å². The number of aliphatic hydroxyl groups excluding tert-OH is 1. The number of Topliss-reactive ketones (excluding diaryl/α,β-unsaturated/α-hetero) is 1. The van der Waals surface area contributed by atoms with Crippen molar-refractivity contribution in [3.8, 4) is 0 Å². The smallest absolute Gasteiger partial charge is 0.300 e. The molecule has 1 aliphatic rings. The monoisotopic (exact) mass is 493 g/mol. The van der Waals surface area contributed by atoms with Crippen LogP contribution in [0.25, 0.3) is 5.76 Å². The summed E-state index contributed by atoms with van der Waals surface area (Å²) in [5.74, 6) is -1.69. The van der Waals surface area contributed by atoms with Crippen LogP contribution >= 0.6 is 23.2 Å². The Morgan fingerprint density at radius 1 is 0.882 bits per heavy atom. The molecule has 1 unspecified atom stereocenters. The zero-order valence-electron chi connectivity index (χ0n) is 19.4. The molecule has 0 saturated carbocycles. The summed E-state index contributed by atoms with van der Waals surface area (Å²) in [4.78, 5) is 28.1. The largest absolute Gasteiger partial charge is 0.507 e. The molecular weight excluding hydrogens is 469 g/mol. The highest BCUT2D eigenvalue weighted by Gasteiger charge is 2.47. The molecule has 1 saturated heterocycles. The first kappa shape index (κ1) is 24.1. The summed E-state index contributed by atoms with van der Waals surface area (Å²) in [6.45, 7) is 8.18. The molecule has 0 aliphatic carbocycles. The lowest BCUT2D eigenvalue weighted by Crippen LogP contribution is -2.30. The molecule has 1 fully saturated rings. The molecule has 1 atom stereocenters. The van der Waals surface area contributed by atoms with Gasteiger partial charge in [-0.1, -0.05) is 68.2 Å². The minimum Gasteiger partial charge on any atom is -0.507 e. The average Bonchev–Trinajstić information content (AvgIpc) is 3.04. The van der Waals surface area contributed by atoms with Gasteiger partial charge in [0.15, 0.2) is 0 Å². The number of aryl methyl sites for hydroxylation is 1. The van der Waals surface area contributed by atoms with Crippen LogP contribution in [0.2, 0.25) is 10.0 Å². The topological polar surface area (TPSA) is 57.6 Å². The van der Waals surface area contributed by atoms with E-state index in [1.165, 1.54) is 4.90 Å². The third kappa shape index (κ3) is 4.36. The third-order valence-corrected chi connectivity index (χ3v) is 6.56. The number of benzene rings is 3. The maximum Gasteiger partial charge on any atom is 0.300 e. The zero-order chi connectivity index (χ0) is 24.8. The van der Waals surface area contributed by atoms with Gasteiger partial charge in [0.1, 0.15) is 5.76 Å². The van der Waals surface area contributed by atoms with Crippen LogP contribution in [0.3, 0.4) is 0 Å². The number of carbonyl (C=O) groups excluding carboxylic acids is 2. The number of amides is 1. The van der Waals surface area contributed by atoms with E-state index in [-0.39, 0.29) is 16.7 Å². The van der Waals surface area contributed by atoms with Crippen LogP contribution in [-0.2, 0) is 15.0 Å². The first-order valence-corrected chi connectivity index (χ1v) is 11.7. The van der Waals surface area contributed by atoms with Crippen LogP contribution in [0.1, 0.15) is 49.1 Å². The summed E-state index contributed by atoms with van der Waals surface area (Å²) in [6, 6.07) is 18.7. The molecular formula is C28H25Cl2NO3. The van der Waals surface area contributed by atoms with Gasteiger partial charge in [-0.15, -0.1) is 0 Å².